The molecule has 3 aromatic rings. The maximum absolute atomic E-state index is 6.12. The number of aromatic nitrogens is 4. The van der Waals surface area contributed by atoms with Gasteiger partial charge < -0.3 is 10.5 Å². The van der Waals surface area contributed by atoms with E-state index in [2.05, 4.69) is 58.9 Å². The largest absolute Gasteiger partial charge is 0.463 e. The van der Waals surface area contributed by atoms with Gasteiger partial charge in [-0.25, -0.2) is 4.68 Å². The van der Waals surface area contributed by atoms with E-state index in [9.17, 15) is 0 Å². The highest BCUT2D eigenvalue weighted by molar-refractivity contribution is 5.85. The highest BCUT2D eigenvalue weighted by Gasteiger charge is 2.21. The van der Waals surface area contributed by atoms with Crippen LogP contribution in [-0.2, 0) is 19.6 Å². The number of unbranched alkanes of at least 4 members (excludes halogenated alkanes) is 2. The fourth-order valence-corrected chi connectivity index (χ4v) is 3.76. The van der Waals surface area contributed by atoms with Gasteiger partial charge in [0.1, 0.15) is 5.82 Å². The number of nitrogens with two attached hydrogens (primary N) is 1. The van der Waals surface area contributed by atoms with Gasteiger partial charge in [-0.2, -0.15) is 15.1 Å². The number of benzene rings is 1. The van der Waals surface area contributed by atoms with Gasteiger partial charge in [-0.1, -0.05) is 38.0 Å². The Morgan fingerprint density at radius 2 is 1.97 bits per heavy atom. The van der Waals surface area contributed by atoms with Crippen LogP contribution in [0.4, 0.5) is 5.82 Å². The van der Waals surface area contributed by atoms with Crippen LogP contribution in [0.3, 0.4) is 0 Å². The van der Waals surface area contributed by atoms with Crippen molar-refractivity contribution in [3.05, 3.63) is 41.1 Å². The molecular weight excluding hydrogens is 364 g/mol. The van der Waals surface area contributed by atoms with Crippen molar-refractivity contribution in [1.82, 2.24) is 24.6 Å². The molecule has 0 amide bonds. The van der Waals surface area contributed by atoms with Crippen molar-refractivity contribution in [2.24, 2.45) is 0 Å². The van der Waals surface area contributed by atoms with E-state index in [1.807, 2.05) is 4.68 Å². The third kappa shape index (κ3) is 4.19. The lowest BCUT2D eigenvalue weighted by Gasteiger charge is -2.18. The summed E-state index contributed by atoms with van der Waals surface area (Å²) in [4.78, 5) is 11.3. The number of fused-ring (bicyclic) bond motifs is 2. The van der Waals surface area contributed by atoms with Crippen molar-refractivity contribution in [3.63, 3.8) is 0 Å². The molecule has 29 heavy (non-hydrogen) atoms. The van der Waals surface area contributed by atoms with Crippen LogP contribution in [0.2, 0.25) is 0 Å². The van der Waals surface area contributed by atoms with Gasteiger partial charge in [-0.05, 0) is 37.0 Å². The quantitative estimate of drug-likeness (QED) is 0.586. The first-order valence-electron chi connectivity index (χ1n) is 10.5. The Kier molecular flexibility index (Phi) is 5.67. The lowest BCUT2D eigenvalue weighted by molar-refractivity contribution is 0.227. The molecule has 1 aromatic carbocycles. The molecule has 4 rings (SSSR count). The number of ether oxygens (including phenoxy) is 1. The number of anilines is 1. The van der Waals surface area contributed by atoms with E-state index in [1.165, 1.54) is 16.7 Å². The molecule has 0 atom stereocenters. The second-order valence-electron chi connectivity index (χ2n) is 8.09. The first-order chi connectivity index (χ1) is 14.0. The van der Waals surface area contributed by atoms with Crippen molar-refractivity contribution in [3.8, 4) is 6.01 Å². The van der Waals surface area contributed by atoms with Gasteiger partial charge in [0.05, 0.1) is 24.7 Å². The summed E-state index contributed by atoms with van der Waals surface area (Å²) in [5.74, 6) is 0.410. The molecule has 0 bridgehead atoms. The molecule has 7 nitrogen and oxygen atoms in total. The molecule has 1 aliphatic rings. The van der Waals surface area contributed by atoms with Gasteiger partial charge in [-0.3, -0.25) is 4.90 Å². The average Bonchev–Trinajstić information content (AvgIpc) is 3.30. The molecule has 154 valence electrons. The molecule has 0 fully saturated rings. The molecule has 0 saturated heterocycles. The van der Waals surface area contributed by atoms with Crippen molar-refractivity contribution in [2.45, 2.75) is 65.7 Å². The Bertz CT molecular complexity index is 996. The minimum Gasteiger partial charge on any atom is -0.463 e. The molecule has 1 aliphatic heterocycles. The molecule has 7 heteroatoms. The zero-order valence-corrected chi connectivity index (χ0v) is 17.6. The fraction of sp³-hybridized carbons (Fsp3) is 0.500. The Balaban J connectivity index is 1.54. The van der Waals surface area contributed by atoms with Gasteiger partial charge >= 0.3 is 6.01 Å². The van der Waals surface area contributed by atoms with Gasteiger partial charge in [0, 0.05) is 19.1 Å². The molecule has 3 heterocycles. The van der Waals surface area contributed by atoms with Crippen LogP contribution in [0.15, 0.2) is 24.4 Å². The summed E-state index contributed by atoms with van der Waals surface area (Å²) in [5.41, 5.74) is 10.9. The van der Waals surface area contributed by atoms with E-state index >= 15 is 0 Å². The standard InChI is InChI=1S/C22H30N6O/c1-4-5-6-9-29-22-25-20(23)19-11-24-28(21(19)26-22)12-16-7-8-17-13-27(15(2)3)14-18(17)10-16/h7-8,10-11,15H,4-6,9,12-14H2,1-3H3,(H2,23,25,26). The van der Waals surface area contributed by atoms with Gasteiger partial charge in [0.2, 0.25) is 0 Å². The van der Waals surface area contributed by atoms with Crippen LogP contribution < -0.4 is 10.5 Å². The summed E-state index contributed by atoms with van der Waals surface area (Å²) >= 11 is 0. The third-order valence-corrected chi connectivity index (χ3v) is 5.56. The minimum absolute atomic E-state index is 0.328. The van der Waals surface area contributed by atoms with Crippen molar-refractivity contribution in [2.75, 3.05) is 12.3 Å². The summed E-state index contributed by atoms with van der Waals surface area (Å²) < 4.78 is 7.60. The maximum atomic E-state index is 6.12. The second kappa shape index (κ2) is 8.37. The number of nitrogen functional groups attached to an aromatic ring is 1. The maximum Gasteiger partial charge on any atom is 0.320 e. The number of hydrogen-bond donors (Lipinski definition) is 1. The summed E-state index contributed by atoms with van der Waals surface area (Å²) in [7, 11) is 0. The number of rotatable bonds is 8. The van der Waals surface area contributed by atoms with Crippen LogP contribution in [-0.4, -0.2) is 37.3 Å². The van der Waals surface area contributed by atoms with Crippen molar-refractivity contribution < 1.29 is 4.74 Å². The van der Waals surface area contributed by atoms with Crippen molar-refractivity contribution >= 4 is 16.9 Å². The summed E-state index contributed by atoms with van der Waals surface area (Å²) in [6.07, 6.45) is 5.00. The van der Waals surface area contributed by atoms with Crippen LogP contribution in [0.1, 0.15) is 56.7 Å². The highest BCUT2D eigenvalue weighted by atomic mass is 16.5. The van der Waals surface area contributed by atoms with E-state index in [-0.39, 0.29) is 0 Å². The zero-order valence-electron chi connectivity index (χ0n) is 17.6. The van der Waals surface area contributed by atoms with E-state index < -0.39 is 0 Å². The Morgan fingerprint density at radius 3 is 2.76 bits per heavy atom. The van der Waals surface area contributed by atoms with E-state index in [4.69, 9.17) is 10.5 Å². The molecule has 0 unspecified atom stereocenters. The first-order valence-corrected chi connectivity index (χ1v) is 10.5. The number of nitrogens with zero attached hydrogens (tertiary/aromatic N) is 5. The van der Waals surface area contributed by atoms with E-state index in [0.29, 0.717) is 36.7 Å². The van der Waals surface area contributed by atoms with E-state index in [1.54, 1.807) is 6.20 Å². The lowest BCUT2D eigenvalue weighted by Crippen LogP contribution is -2.24. The molecule has 0 spiro atoms. The smallest absolute Gasteiger partial charge is 0.320 e. The van der Waals surface area contributed by atoms with Gasteiger partial charge in [0.15, 0.2) is 5.65 Å². The molecule has 0 aliphatic carbocycles. The first kappa shape index (κ1) is 19.6. The number of hydrogen-bond acceptors (Lipinski definition) is 6. The Labute approximate surface area is 171 Å². The van der Waals surface area contributed by atoms with Gasteiger partial charge in [0.25, 0.3) is 0 Å². The molecule has 0 saturated carbocycles. The average molecular weight is 395 g/mol. The Morgan fingerprint density at radius 1 is 1.14 bits per heavy atom. The Hall–Kier alpha value is -2.67. The van der Waals surface area contributed by atoms with Crippen LogP contribution in [0, 0.1) is 0 Å². The SMILES string of the molecule is CCCCCOc1nc(N)c2cnn(Cc3ccc4c(c3)CN(C(C)C)C4)c2n1. The second-order valence-corrected chi connectivity index (χ2v) is 8.09. The van der Waals surface area contributed by atoms with Crippen molar-refractivity contribution in [1.29, 1.82) is 0 Å². The van der Waals surface area contributed by atoms with Crippen LogP contribution in [0.5, 0.6) is 6.01 Å². The van der Waals surface area contributed by atoms with E-state index in [0.717, 1.165) is 37.7 Å². The van der Waals surface area contributed by atoms with Crippen LogP contribution >= 0.6 is 0 Å². The normalized spacial score (nSPS) is 14.1. The van der Waals surface area contributed by atoms with Gasteiger partial charge in [-0.15, -0.1) is 0 Å². The fourth-order valence-electron chi connectivity index (χ4n) is 3.76. The topological polar surface area (TPSA) is 82.1 Å². The third-order valence-electron chi connectivity index (χ3n) is 5.56. The summed E-state index contributed by atoms with van der Waals surface area (Å²) in [5, 5.41) is 5.27. The molecular formula is C22H30N6O. The predicted octanol–water partition coefficient (Wildman–Crippen LogP) is 3.75. The highest BCUT2D eigenvalue weighted by Crippen LogP contribution is 2.26. The lowest BCUT2D eigenvalue weighted by atomic mass is 10.1. The zero-order chi connectivity index (χ0) is 20.4. The summed E-state index contributed by atoms with van der Waals surface area (Å²) in [6.45, 7) is 9.93. The summed E-state index contributed by atoms with van der Waals surface area (Å²) in [6, 6.07) is 7.59. The molecule has 2 aromatic heterocycles. The molecule has 2 N–H and O–H groups in total. The predicted molar refractivity (Wildman–Crippen MR) is 115 cm³/mol. The minimum atomic E-state index is 0.328. The van der Waals surface area contributed by atoms with Crippen LogP contribution in [0.25, 0.3) is 11.0 Å². The monoisotopic (exact) mass is 394 g/mol. The molecule has 0 radical (unpaired) electrons.